The van der Waals surface area contributed by atoms with Crippen molar-refractivity contribution in [1.29, 1.82) is 0 Å². The van der Waals surface area contributed by atoms with Gasteiger partial charge in [-0.2, -0.15) is 0 Å². The Morgan fingerprint density at radius 1 is 0.818 bits per heavy atom. The van der Waals surface area contributed by atoms with Crippen molar-refractivity contribution < 1.29 is 4.79 Å². The molecule has 0 fully saturated rings. The molecule has 33 heavy (non-hydrogen) atoms. The third kappa shape index (κ3) is 6.92. The molecule has 0 bridgehead atoms. The van der Waals surface area contributed by atoms with Gasteiger partial charge in [0, 0.05) is 29.7 Å². The number of nitrogens with one attached hydrogen (secondary N) is 1. The highest BCUT2D eigenvalue weighted by atomic mass is 16.2. The second-order valence-corrected chi connectivity index (χ2v) is 8.63. The summed E-state index contributed by atoms with van der Waals surface area (Å²) in [4.78, 5) is 26.6. The smallest absolute Gasteiger partial charge is 0.261 e. The Morgan fingerprint density at radius 2 is 1.42 bits per heavy atom. The molecule has 1 heterocycles. The summed E-state index contributed by atoms with van der Waals surface area (Å²) >= 11 is 0. The van der Waals surface area contributed by atoms with Gasteiger partial charge in [-0.3, -0.25) is 9.59 Å². The molecule has 0 unspecified atom stereocenters. The van der Waals surface area contributed by atoms with Crippen molar-refractivity contribution in [1.82, 2.24) is 4.57 Å². The van der Waals surface area contributed by atoms with Crippen LogP contribution in [0.4, 0.5) is 5.69 Å². The summed E-state index contributed by atoms with van der Waals surface area (Å²) in [6, 6.07) is 21.3. The molecule has 0 aliphatic rings. The highest BCUT2D eigenvalue weighted by molar-refractivity contribution is 6.05. The van der Waals surface area contributed by atoms with Gasteiger partial charge in [0.2, 0.25) is 0 Å². The molecule has 1 amide bonds. The van der Waals surface area contributed by atoms with E-state index in [4.69, 9.17) is 0 Å². The van der Waals surface area contributed by atoms with E-state index in [0.717, 1.165) is 62.8 Å². The monoisotopic (exact) mass is 444 g/mol. The van der Waals surface area contributed by atoms with Crippen LogP contribution >= 0.6 is 0 Å². The van der Waals surface area contributed by atoms with Gasteiger partial charge in [0.25, 0.3) is 5.91 Å². The van der Waals surface area contributed by atoms with Crippen LogP contribution in [0, 0.1) is 0 Å². The normalized spacial score (nSPS) is 10.8. The van der Waals surface area contributed by atoms with Gasteiger partial charge in [-0.15, -0.1) is 0 Å². The van der Waals surface area contributed by atoms with Crippen LogP contribution in [-0.4, -0.2) is 10.5 Å². The van der Waals surface area contributed by atoms with Gasteiger partial charge in [-0.1, -0.05) is 88.1 Å². The van der Waals surface area contributed by atoms with Crippen LogP contribution in [0.3, 0.4) is 0 Å². The zero-order chi connectivity index (χ0) is 23.5. The molecule has 3 rings (SSSR count). The number of para-hydroxylation sites is 1. The van der Waals surface area contributed by atoms with Gasteiger partial charge in [-0.05, 0) is 43.4 Å². The Balaban J connectivity index is 2.08. The van der Waals surface area contributed by atoms with E-state index in [1.165, 1.54) is 5.56 Å². The lowest BCUT2D eigenvalue weighted by atomic mass is 10.0. The number of amides is 1. The molecule has 1 N–H and O–H groups in total. The Hall–Kier alpha value is -3.14. The summed E-state index contributed by atoms with van der Waals surface area (Å²) in [6.45, 7) is 5.02. The van der Waals surface area contributed by atoms with Crippen LogP contribution in [0.25, 0.3) is 0 Å². The lowest BCUT2D eigenvalue weighted by Crippen LogP contribution is -2.29. The lowest BCUT2D eigenvalue weighted by Gasteiger charge is -2.22. The fourth-order valence-corrected chi connectivity index (χ4v) is 4.24. The fraction of sp³-hybridized carbons (Fsp3) is 0.379. The number of carbonyl (C=O) groups is 1. The van der Waals surface area contributed by atoms with Gasteiger partial charge >= 0.3 is 0 Å². The number of benzene rings is 2. The third-order valence-corrected chi connectivity index (χ3v) is 6.00. The molecule has 3 aromatic rings. The lowest BCUT2D eigenvalue weighted by molar-refractivity contribution is 0.102. The summed E-state index contributed by atoms with van der Waals surface area (Å²) in [5.74, 6) is -0.320. The molecule has 0 atom stereocenters. The summed E-state index contributed by atoms with van der Waals surface area (Å²) < 4.78 is 2.24. The maximum absolute atomic E-state index is 13.3. The van der Waals surface area contributed by atoms with E-state index >= 15 is 0 Å². The number of anilines is 1. The van der Waals surface area contributed by atoms with E-state index in [1.807, 2.05) is 48.5 Å². The molecule has 0 radical (unpaired) electrons. The molecule has 0 aliphatic heterocycles. The van der Waals surface area contributed by atoms with Crippen LogP contribution in [-0.2, 0) is 19.4 Å². The highest BCUT2D eigenvalue weighted by Crippen LogP contribution is 2.19. The number of pyridine rings is 1. The minimum absolute atomic E-state index is 0.175. The maximum atomic E-state index is 13.3. The molecular formula is C29H36N2O2. The number of hydrogen-bond donors (Lipinski definition) is 1. The van der Waals surface area contributed by atoms with E-state index < -0.39 is 0 Å². The molecule has 0 spiro atoms. The number of nitrogens with zero attached hydrogens (tertiary/aromatic N) is 1. The van der Waals surface area contributed by atoms with Crippen molar-refractivity contribution in [2.24, 2.45) is 0 Å². The summed E-state index contributed by atoms with van der Waals surface area (Å²) in [6.07, 6.45) is 7.96. The molecule has 2 aromatic carbocycles. The average molecular weight is 445 g/mol. The topological polar surface area (TPSA) is 51.1 Å². The van der Waals surface area contributed by atoms with Gasteiger partial charge in [0.1, 0.15) is 5.56 Å². The van der Waals surface area contributed by atoms with Gasteiger partial charge in [0.15, 0.2) is 5.43 Å². The Labute approximate surface area is 197 Å². The minimum Gasteiger partial charge on any atom is -0.343 e. The first-order valence-corrected chi connectivity index (χ1v) is 12.3. The Bertz CT molecular complexity index is 1070. The highest BCUT2D eigenvalue weighted by Gasteiger charge is 2.21. The number of aromatic nitrogens is 1. The molecular weight excluding hydrogens is 408 g/mol. The van der Waals surface area contributed by atoms with Crippen LogP contribution in [0.1, 0.15) is 79.7 Å². The first-order valence-electron chi connectivity index (χ1n) is 12.3. The molecule has 174 valence electrons. The Morgan fingerprint density at radius 3 is 2.06 bits per heavy atom. The summed E-state index contributed by atoms with van der Waals surface area (Å²) in [7, 11) is 0. The number of hydrogen-bond acceptors (Lipinski definition) is 2. The summed E-state index contributed by atoms with van der Waals surface area (Å²) in [5, 5.41) is 2.94. The molecule has 1 aromatic heterocycles. The van der Waals surface area contributed by atoms with Crippen molar-refractivity contribution in [2.75, 3.05) is 5.32 Å². The zero-order valence-electron chi connectivity index (χ0n) is 20.0. The Kier molecular flexibility index (Phi) is 9.49. The maximum Gasteiger partial charge on any atom is 0.261 e. The molecule has 4 nitrogen and oxygen atoms in total. The van der Waals surface area contributed by atoms with Crippen LogP contribution in [0.15, 0.2) is 71.5 Å². The van der Waals surface area contributed by atoms with Crippen molar-refractivity contribution in [3.63, 3.8) is 0 Å². The van der Waals surface area contributed by atoms with E-state index in [-0.39, 0.29) is 16.9 Å². The third-order valence-electron chi connectivity index (χ3n) is 6.00. The largest absolute Gasteiger partial charge is 0.343 e. The SMILES string of the molecule is CCCCCc1cc(=O)c(C(=O)Nc2ccccc2)c(CCCCC)n1Cc1ccccc1. The first kappa shape index (κ1) is 24.5. The average Bonchev–Trinajstić information content (AvgIpc) is 2.82. The number of carbonyl (C=O) groups excluding carboxylic acids is 1. The molecule has 0 aliphatic carbocycles. The van der Waals surface area contributed by atoms with Crippen LogP contribution in [0.5, 0.6) is 0 Å². The standard InChI is InChI=1S/C29H36N2O2/c1-3-5-9-19-25-21-27(32)28(29(33)30-24-17-13-8-14-18-24)26(20-10-6-4-2)31(25)22-23-15-11-7-12-16-23/h7-8,11-18,21H,3-6,9-10,19-20,22H2,1-2H3,(H,30,33). The van der Waals surface area contributed by atoms with Crippen LogP contribution < -0.4 is 10.7 Å². The number of unbranched alkanes of at least 4 members (excludes halogenated alkanes) is 4. The summed E-state index contributed by atoms with van der Waals surface area (Å²) in [5.41, 5.74) is 3.86. The van der Waals surface area contributed by atoms with Gasteiger partial charge in [-0.25, -0.2) is 0 Å². The van der Waals surface area contributed by atoms with E-state index in [9.17, 15) is 9.59 Å². The quantitative estimate of drug-likeness (QED) is 0.319. The zero-order valence-corrected chi connectivity index (χ0v) is 20.0. The van der Waals surface area contributed by atoms with E-state index in [1.54, 1.807) is 6.07 Å². The second kappa shape index (κ2) is 12.8. The van der Waals surface area contributed by atoms with Gasteiger partial charge < -0.3 is 9.88 Å². The first-order chi connectivity index (χ1) is 16.1. The van der Waals surface area contributed by atoms with E-state index in [2.05, 4.69) is 35.9 Å². The van der Waals surface area contributed by atoms with Crippen LogP contribution in [0.2, 0.25) is 0 Å². The fourth-order valence-electron chi connectivity index (χ4n) is 4.24. The minimum atomic E-state index is -0.320. The number of aryl methyl sites for hydroxylation is 1. The molecule has 0 saturated heterocycles. The molecule has 4 heteroatoms. The second-order valence-electron chi connectivity index (χ2n) is 8.63. The van der Waals surface area contributed by atoms with Gasteiger partial charge in [0.05, 0.1) is 0 Å². The number of rotatable bonds is 12. The predicted octanol–water partition coefficient (Wildman–Crippen LogP) is 6.61. The van der Waals surface area contributed by atoms with Crippen molar-refractivity contribution >= 4 is 11.6 Å². The van der Waals surface area contributed by atoms with E-state index in [0.29, 0.717) is 12.2 Å². The van der Waals surface area contributed by atoms with Crippen molar-refractivity contribution in [2.45, 2.75) is 71.8 Å². The van der Waals surface area contributed by atoms with Crippen molar-refractivity contribution in [3.05, 3.63) is 99.5 Å². The van der Waals surface area contributed by atoms with Crippen molar-refractivity contribution in [3.8, 4) is 0 Å². The molecule has 0 saturated carbocycles. The predicted molar refractivity (Wildman–Crippen MR) is 137 cm³/mol.